The Labute approximate surface area is 148 Å². The van der Waals surface area contributed by atoms with Crippen LogP contribution >= 0.6 is 0 Å². The molecule has 25 heavy (non-hydrogen) atoms. The molecule has 1 atom stereocenters. The molecule has 0 aliphatic rings. The Morgan fingerprint density at radius 2 is 1.84 bits per heavy atom. The summed E-state index contributed by atoms with van der Waals surface area (Å²) < 4.78 is 10.6. The Morgan fingerprint density at radius 3 is 2.48 bits per heavy atom. The molecule has 0 heterocycles. The van der Waals surface area contributed by atoms with Crippen LogP contribution < -0.4 is 14.8 Å². The molecule has 0 aliphatic carbocycles. The SMILES string of the molecule is COc1ccc(C(C)CC(=O)NCCc2ccc(O)cc2)c(OC)c1. The second kappa shape index (κ2) is 8.97. The molecule has 0 bridgehead atoms. The first kappa shape index (κ1) is 18.6. The van der Waals surface area contributed by atoms with Crippen LogP contribution in [0.5, 0.6) is 17.2 Å². The minimum atomic E-state index is 0.00384. The number of amides is 1. The molecule has 1 unspecified atom stereocenters. The molecule has 0 fully saturated rings. The highest BCUT2D eigenvalue weighted by molar-refractivity contribution is 5.77. The first-order chi connectivity index (χ1) is 12.0. The van der Waals surface area contributed by atoms with Gasteiger partial charge in [0, 0.05) is 19.0 Å². The van der Waals surface area contributed by atoms with Crippen molar-refractivity contribution in [2.75, 3.05) is 20.8 Å². The van der Waals surface area contributed by atoms with E-state index < -0.39 is 0 Å². The Balaban J connectivity index is 1.86. The van der Waals surface area contributed by atoms with Gasteiger partial charge in [0.05, 0.1) is 14.2 Å². The molecule has 0 spiro atoms. The third-order valence-electron chi connectivity index (χ3n) is 4.14. The highest BCUT2D eigenvalue weighted by atomic mass is 16.5. The van der Waals surface area contributed by atoms with Crippen molar-refractivity contribution in [3.8, 4) is 17.2 Å². The van der Waals surface area contributed by atoms with E-state index in [1.54, 1.807) is 26.4 Å². The normalized spacial score (nSPS) is 11.6. The van der Waals surface area contributed by atoms with E-state index >= 15 is 0 Å². The summed E-state index contributed by atoms with van der Waals surface area (Å²) in [6, 6.07) is 12.6. The van der Waals surface area contributed by atoms with E-state index in [0.29, 0.717) is 13.0 Å². The van der Waals surface area contributed by atoms with Crippen molar-refractivity contribution in [2.45, 2.75) is 25.7 Å². The number of methoxy groups -OCH3 is 2. The van der Waals surface area contributed by atoms with Crippen LogP contribution in [0.2, 0.25) is 0 Å². The van der Waals surface area contributed by atoms with E-state index in [1.165, 1.54) is 0 Å². The minimum absolute atomic E-state index is 0.00384. The average Bonchev–Trinajstić information content (AvgIpc) is 2.62. The molecular weight excluding hydrogens is 318 g/mol. The van der Waals surface area contributed by atoms with Crippen LogP contribution in [0, 0.1) is 0 Å². The Bertz CT molecular complexity index is 697. The summed E-state index contributed by atoms with van der Waals surface area (Å²) in [5.41, 5.74) is 2.06. The maximum Gasteiger partial charge on any atom is 0.220 e. The summed E-state index contributed by atoms with van der Waals surface area (Å²) >= 11 is 0. The summed E-state index contributed by atoms with van der Waals surface area (Å²) in [5, 5.41) is 12.2. The van der Waals surface area contributed by atoms with Gasteiger partial charge in [-0.05, 0) is 41.7 Å². The van der Waals surface area contributed by atoms with Crippen molar-refractivity contribution < 1.29 is 19.4 Å². The quantitative estimate of drug-likeness (QED) is 0.772. The average molecular weight is 343 g/mol. The number of carbonyl (C=O) groups is 1. The van der Waals surface area contributed by atoms with E-state index in [9.17, 15) is 9.90 Å². The summed E-state index contributed by atoms with van der Waals surface area (Å²) in [6.45, 7) is 2.57. The van der Waals surface area contributed by atoms with Crippen molar-refractivity contribution in [2.24, 2.45) is 0 Å². The number of benzene rings is 2. The Hall–Kier alpha value is -2.69. The summed E-state index contributed by atoms with van der Waals surface area (Å²) in [7, 11) is 3.22. The number of rotatable bonds is 8. The zero-order valence-corrected chi connectivity index (χ0v) is 14.9. The van der Waals surface area contributed by atoms with Crippen LogP contribution in [-0.4, -0.2) is 31.8 Å². The molecule has 2 aromatic rings. The van der Waals surface area contributed by atoms with Crippen LogP contribution in [0.4, 0.5) is 0 Å². The van der Waals surface area contributed by atoms with Crippen LogP contribution in [-0.2, 0) is 11.2 Å². The molecule has 5 nitrogen and oxygen atoms in total. The lowest BCUT2D eigenvalue weighted by molar-refractivity contribution is -0.121. The molecule has 0 aromatic heterocycles. The number of phenolic OH excluding ortho intramolecular Hbond substituents is 1. The molecule has 2 aromatic carbocycles. The van der Waals surface area contributed by atoms with Crippen molar-refractivity contribution in [1.29, 1.82) is 0 Å². The van der Waals surface area contributed by atoms with Crippen molar-refractivity contribution in [3.05, 3.63) is 53.6 Å². The number of carbonyl (C=O) groups excluding carboxylic acids is 1. The number of hydrogen-bond donors (Lipinski definition) is 2. The lowest BCUT2D eigenvalue weighted by Crippen LogP contribution is -2.26. The molecule has 0 aliphatic heterocycles. The second-order valence-electron chi connectivity index (χ2n) is 5.98. The van der Waals surface area contributed by atoms with Gasteiger partial charge < -0.3 is 19.9 Å². The van der Waals surface area contributed by atoms with Crippen LogP contribution in [0.15, 0.2) is 42.5 Å². The molecule has 0 saturated heterocycles. The predicted octanol–water partition coefficient (Wildman–Crippen LogP) is 3.26. The minimum Gasteiger partial charge on any atom is -0.508 e. The third kappa shape index (κ3) is 5.41. The number of aromatic hydroxyl groups is 1. The van der Waals surface area contributed by atoms with Gasteiger partial charge >= 0.3 is 0 Å². The molecule has 0 saturated carbocycles. The Kier molecular flexibility index (Phi) is 6.69. The summed E-state index contributed by atoms with van der Waals surface area (Å²) in [4.78, 5) is 12.2. The van der Waals surface area contributed by atoms with Gasteiger partial charge in [-0.15, -0.1) is 0 Å². The number of nitrogens with one attached hydrogen (secondary N) is 1. The lowest BCUT2D eigenvalue weighted by atomic mass is 9.96. The molecule has 134 valence electrons. The fourth-order valence-electron chi connectivity index (χ4n) is 2.69. The highest BCUT2D eigenvalue weighted by Gasteiger charge is 2.16. The lowest BCUT2D eigenvalue weighted by Gasteiger charge is -2.16. The molecule has 2 rings (SSSR count). The molecule has 1 amide bonds. The molecule has 0 radical (unpaired) electrons. The summed E-state index contributed by atoms with van der Waals surface area (Å²) in [6.07, 6.45) is 1.12. The van der Waals surface area contributed by atoms with Gasteiger partial charge in [0.2, 0.25) is 5.91 Å². The van der Waals surface area contributed by atoms with Crippen molar-refractivity contribution >= 4 is 5.91 Å². The largest absolute Gasteiger partial charge is 0.508 e. The second-order valence-corrected chi connectivity index (χ2v) is 5.98. The van der Waals surface area contributed by atoms with E-state index in [-0.39, 0.29) is 17.6 Å². The number of hydrogen-bond acceptors (Lipinski definition) is 4. The smallest absolute Gasteiger partial charge is 0.220 e. The van der Waals surface area contributed by atoms with Crippen LogP contribution in [0.1, 0.15) is 30.4 Å². The Morgan fingerprint density at radius 1 is 1.12 bits per heavy atom. The highest BCUT2D eigenvalue weighted by Crippen LogP contribution is 2.32. The van der Waals surface area contributed by atoms with Gasteiger partial charge in [0.25, 0.3) is 0 Å². The van der Waals surface area contributed by atoms with E-state index in [2.05, 4.69) is 5.32 Å². The van der Waals surface area contributed by atoms with Gasteiger partial charge in [-0.25, -0.2) is 0 Å². The van der Waals surface area contributed by atoms with E-state index in [4.69, 9.17) is 9.47 Å². The van der Waals surface area contributed by atoms with Crippen LogP contribution in [0.25, 0.3) is 0 Å². The van der Waals surface area contributed by atoms with Crippen LogP contribution in [0.3, 0.4) is 0 Å². The fourth-order valence-corrected chi connectivity index (χ4v) is 2.69. The number of ether oxygens (including phenoxy) is 2. The first-order valence-corrected chi connectivity index (χ1v) is 8.30. The van der Waals surface area contributed by atoms with Crippen molar-refractivity contribution in [3.63, 3.8) is 0 Å². The first-order valence-electron chi connectivity index (χ1n) is 8.30. The molecule has 5 heteroatoms. The van der Waals surface area contributed by atoms with Gasteiger partial charge in [-0.3, -0.25) is 4.79 Å². The van der Waals surface area contributed by atoms with Crippen molar-refractivity contribution in [1.82, 2.24) is 5.32 Å². The fraction of sp³-hybridized carbons (Fsp3) is 0.350. The summed E-state index contributed by atoms with van der Waals surface area (Å²) in [5.74, 6) is 1.74. The molecular formula is C20H25NO4. The monoisotopic (exact) mass is 343 g/mol. The zero-order valence-electron chi connectivity index (χ0n) is 14.9. The maximum atomic E-state index is 12.2. The third-order valence-corrected chi connectivity index (χ3v) is 4.14. The van der Waals surface area contributed by atoms with Gasteiger partial charge in [0.1, 0.15) is 17.2 Å². The standard InChI is InChI=1S/C20H25NO4/c1-14(18-9-8-17(24-2)13-19(18)25-3)12-20(23)21-11-10-15-4-6-16(22)7-5-15/h4-9,13-14,22H,10-12H2,1-3H3,(H,21,23). The molecule has 2 N–H and O–H groups in total. The van der Waals surface area contributed by atoms with E-state index in [1.807, 2.05) is 37.3 Å². The predicted molar refractivity (Wildman–Crippen MR) is 97.4 cm³/mol. The zero-order chi connectivity index (χ0) is 18.2. The van der Waals surface area contributed by atoms with E-state index in [0.717, 1.165) is 29.0 Å². The topological polar surface area (TPSA) is 67.8 Å². The van der Waals surface area contributed by atoms with Gasteiger partial charge in [-0.1, -0.05) is 25.1 Å². The number of phenols is 1. The van der Waals surface area contributed by atoms with Gasteiger partial charge in [0.15, 0.2) is 0 Å². The van der Waals surface area contributed by atoms with Gasteiger partial charge in [-0.2, -0.15) is 0 Å². The maximum absolute atomic E-state index is 12.2.